The average Bonchev–Trinajstić information content (AvgIpc) is 2.68. The number of hydrogen-bond acceptors (Lipinski definition) is 1. The van der Waals surface area contributed by atoms with Crippen molar-refractivity contribution in [2.75, 3.05) is 0 Å². The van der Waals surface area contributed by atoms with Crippen LogP contribution in [0.1, 0.15) is 38.7 Å². The van der Waals surface area contributed by atoms with Gasteiger partial charge in [-0.15, -0.1) is 0 Å². The van der Waals surface area contributed by atoms with Gasteiger partial charge in [0, 0.05) is 5.54 Å². The van der Waals surface area contributed by atoms with E-state index in [9.17, 15) is 0 Å². The Kier molecular flexibility index (Phi) is 1.97. The summed E-state index contributed by atoms with van der Waals surface area (Å²) in [5, 5.41) is 0. The first kappa shape index (κ1) is 9.72. The van der Waals surface area contributed by atoms with Crippen LogP contribution in [0.4, 0.5) is 0 Å². The zero-order chi connectivity index (χ0) is 10.4. The van der Waals surface area contributed by atoms with Crippen LogP contribution in [0.3, 0.4) is 0 Å². The van der Waals surface area contributed by atoms with Gasteiger partial charge in [0.2, 0.25) is 0 Å². The van der Waals surface area contributed by atoms with E-state index in [0.29, 0.717) is 11.3 Å². The standard InChI is InChI=1S/C13H19N/c1-10(11-7-5-4-6-8-11)13(14)9-12(13,2)3/h4-8,10H,9,14H2,1-3H3. The average molecular weight is 189 g/mol. The predicted molar refractivity (Wildman–Crippen MR) is 60.2 cm³/mol. The molecule has 0 heterocycles. The predicted octanol–water partition coefficient (Wildman–Crippen LogP) is 2.92. The molecule has 1 heteroatoms. The molecule has 1 nitrogen and oxygen atoms in total. The smallest absolute Gasteiger partial charge is 0.0279 e. The molecule has 2 unspecified atom stereocenters. The molecule has 1 aliphatic carbocycles. The van der Waals surface area contributed by atoms with E-state index in [4.69, 9.17) is 5.73 Å². The van der Waals surface area contributed by atoms with E-state index in [-0.39, 0.29) is 5.54 Å². The van der Waals surface area contributed by atoms with Crippen molar-refractivity contribution in [2.45, 2.75) is 38.6 Å². The summed E-state index contributed by atoms with van der Waals surface area (Å²) in [5.74, 6) is 0.457. The summed E-state index contributed by atoms with van der Waals surface area (Å²) in [7, 11) is 0. The second-order valence-corrected chi connectivity index (χ2v) is 5.23. The lowest BCUT2D eigenvalue weighted by atomic mass is 9.87. The minimum atomic E-state index is 0.00829. The topological polar surface area (TPSA) is 26.0 Å². The second kappa shape index (κ2) is 2.83. The monoisotopic (exact) mass is 189 g/mol. The summed E-state index contributed by atoms with van der Waals surface area (Å²) in [5.41, 5.74) is 8.08. The molecule has 0 spiro atoms. The molecule has 2 atom stereocenters. The first-order valence-electron chi connectivity index (χ1n) is 5.31. The van der Waals surface area contributed by atoms with E-state index < -0.39 is 0 Å². The van der Waals surface area contributed by atoms with Gasteiger partial charge in [-0.2, -0.15) is 0 Å². The number of hydrogen-bond donors (Lipinski definition) is 1. The van der Waals surface area contributed by atoms with Crippen molar-refractivity contribution in [2.24, 2.45) is 11.1 Å². The van der Waals surface area contributed by atoms with Crippen molar-refractivity contribution in [1.82, 2.24) is 0 Å². The zero-order valence-electron chi connectivity index (χ0n) is 9.25. The molecule has 0 aromatic heterocycles. The summed E-state index contributed by atoms with van der Waals surface area (Å²) in [6, 6.07) is 10.6. The van der Waals surface area contributed by atoms with Crippen molar-refractivity contribution < 1.29 is 0 Å². The lowest BCUT2D eigenvalue weighted by molar-refractivity contribution is 0.434. The maximum absolute atomic E-state index is 6.40. The lowest BCUT2D eigenvalue weighted by Gasteiger charge is -2.23. The van der Waals surface area contributed by atoms with Crippen LogP contribution in [-0.4, -0.2) is 5.54 Å². The van der Waals surface area contributed by atoms with Gasteiger partial charge in [-0.1, -0.05) is 51.1 Å². The second-order valence-electron chi connectivity index (χ2n) is 5.23. The Hall–Kier alpha value is -0.820. The molecule has 0 bridgehead atoms. The van der Waals surface area contributed by atoms with Gasteiger partial charge in [-0.05, 0) is 23.3 Å². The normalized spacial score (nSPS) is 31.1. The largest absolute Gasteiger partial charge is 0.324 e. The van der Waals surface area contributed by atoms with E-state index in [1.54, 1.807) is 0 Å². The van der Waals surface area contributed by atoms with Gasteiger partial charge < -0.3 is 5.73 Å². The summed E-state index contributed by atoms with van der Waals surface area (Å²) < 4.78 is 0. The molecule has 76 valence electrons. The van der Waals surface area contributed by atoms with Crippen LogP contribution in [0.25, 0.3) is 0 Å². The Bertz CT molecular complexity index is 328. The number of rotatable bonds is 2. The van der Waals surface area contributed by atoms with Crippen LogP contribution in [0.5, 0.6) is 0 Å². The summed E-state index contributed by atoms with van der Waals surface area (Å²) in [6.07, 6.45) is 1.13. The third-order valence-corrected chi connectivity index (χ3v) is 3.94. The molecule has 1 aromatic rings. The molecule has 1 saturated carbocycles. The van der Waals surface area contributed by atoms with Gasteiger partial charge in [0.1, 0.15) is 0 Å². The lowest BCUT2D eigenvalue weighted by Crippen LogP contribution is -2.34. The van der Waals surface area contributed by atoms with Crippen LogP contribution >= 0.6 is 0 Å². The van der Waals surface area contributed by atoms with Crippen LogP contribution < -0.4 is 5.73 Å². The molecule has 0 amide bonds. The van der Waals surface area contributed by atoms with Gasteiger partial charge in [-0.3, -0.25) is 0 Å². The fourth-order valence-electron chi connectivity index (χ4n) is 2.47. The Morgan fingerprint density at radius 1 is 1.21 bits per heavy atom. The maximum atomic E-state index is 6.40. The first-order chi connectivity index (χ1) is 6.47. The molecule has 1 aliphatic rings. The third kappa shape index (κ3) is 1.27. The molecule has 0 saturated heterocycles. The Morgan fingerprint density at radius 2 is 1.71 bits per heavy atom. The van der Waals surface area contributed by atoms with Crippen LogP contribution in [-0.2, 0) is 0 Å². The highest BCUT2D eigenvalue weighted by atomic mass is 14.9. The zero-order valence-corrected chi connectivity index (χ0v) is 9.25. The Balaban J connectivity index is 2.23. The van der Waals surface area contributed by atoms with E-state index in [1.165, 1.54) is 5.56 Å². The minimum Gasteiger partial charge on any atom is -0.324 e. The third-order valence-electron chi connectivity index (χ3n) is 3.94. The summed E-state index contributed by atoms with van der Waals surface area (Å²) >= 11 is 0. The van der Waals surface area contributed by atoms with E-state index in [0.717, 1.165) is 6.42 Å². The fourth-order valence-corrected chi connectivity index (χ4v) is 2.47. The minimum absolute atomic E-state index is 0.00829. The molecule has 0 radical (unpaired) electrons. The van der Waals surface area contributed by atoms with E-state index >= 15 is 0 Å². The molecular weight excluding hydrogens is 170 g/mol. The van der Waals surface area contributed by atoms with Crippen LogP contribution in [0.2, 0.25) is 0 Å². The number of benzene rings is 1. The first-order valence-corrected chi connectivity index (χ1v) is 5.31. The SMILES string of the molecule is CC(c1ccccc1)C1(N)CC1(C)C. The Morgan fingerprint density at radius 3 is 2.14 bits per heavy atom. The van der Waals surface area contributed by atoms with Crippen LogP contribution in [0.15, 0.2) is 30.3 Å². The molecule has 0 aliphatic heterocycles. The van der Waals surface area contributed by atoms with E-state index in [2.05, 4.69) is 51.1 Å². The summed E-state index contributed by atoms with van der Waals surface area (Å²) in [4.78, 5) is 0. The molecule has 2 rings (SSSR count). The molecule has 14 heavy (non-hydrogen) atoms. The van der Waals surface area contributed by atoms with Gasteiger partial charge in [0.25, 0.3) is 0 Å². The molecular formula is C13H19N. The van der Waals surface area contributed by atoms with Gasteiger partial charge in [-0.25, -0.2) is 0 Å². The number of nitrogens with two attached hydrogens (primary N) is 1. The van der Waals surface area contributed by atoms with Crippen LogP contribution in [0, 0.1) is 5.41 Å². The highest BCUT2D eigenvalue weighted by molar-refractivity contribution is 5.30. The highest BCUT2D eigenvalue weighted by Gasteiger charge is 2.61. The van der Waals surface area contributed by atoms with Gasteiger partial charge in [0.15, 0.2) is 0 Å². The Labute approximate surface area is 86.3 Å². The van der Waals surface area contributed by atoms with Crippen molar-refractivity contribution in [3.8, 4) is 0 Å². The van der Waals surface area contributed by atoms with Gasteiger partial charge in [0.05, 0.1) is 0 Å². The van der Waals surface area contributed by atoms with Crippen molar-refractivity contribution in [1.29, 1.82) is 0 Å². The quantitative estimate of drug-likeness (QED) is 0.760. The molecule has 1 aromatic carbocycles. The fraction of sp³-hybridized carbons (Fsp3) is 0.538. The maximum Gasteiger partial charge on any atom is 0.0279 e. The van der Waals surface area contributed by atoms with Crippen molar-refractivity contribution >= 4 is 0 Å². The van der Waals surface area contributed by atoms with Crippen molar-refractivity contribution in [3.05, 3.63) is 35.9 Å². The summed E-state index contributed by atoms with van der Waals surface area (Å²) in [6.45, 7) is 6.75. The highest BCUT2D eigenvalue weighted by Crippen LogP contribution is 2.60. The van der Waals surface area contributed by atoms with E-state index in [1.807, 2.05) is 0 Å². The van der Waals surface area contributed by atoms with Crippen molar-refractivity contribution in [3.63, 3.8) is 0 Å². The molecule has 2 N–H and O–H groups in total. The van der Waals surface area contributed by atoms with Gasteiger partial charge >= 0.3 is 0 Å². The molecule has 1 fully saturated rings.